The quantitative estimate of drug-likeness (QED) is 0.457. The van der Waals surface area contributed by atoms with Crippen molar-refractivity contribution in [3.05, 3.63) is 80.9 Å². The number of nitrogens with one attached hydrogen (secondary N) is 1. The smallest absolute Gasteiger partial charge is 0.263 e. The van der Waals surface area contributed by atoms with Crippen molar-refractivity contribution >= 4 is 28.5 Å². The molecule has 1 amide bonds. The molecule has 0 aliphatic rings. The highest BCUT2D eigenvalue weighted by Crippen LogP contribution is 2.28. The van der Waals surface area contributed by atoms with Gasteiger partial charge in [0, 0.05) is 36.6 Å². The van der Waals surface area contributed by atoms with Crippen molar-refractivity contribution in [2.45, 2.75) is 40.2 Å². The lowest BCUT2D eigenvalue weighted by atomic mass is 10.2. The molecule has 3 aromatic heterocycles. The lowest BCUT2D eigenvalue weighted by Gasteiger charge is -2.12. The Labute approximate surface area is 190 Å². The second-order valence-electron chi connectivity index (χ2n) is 7.85. The maximum atomic E-state index is 13.2. The monoisotopic (exact) mass is 452 g/mol. The minimum atomic E-state index is -0.155. The number of nitrogens with zero attached hydrogens (tertiary/aromatic N) is 3. The van der Waals surface area contributed by atoms with E-state index in [9.17, 15) is 9.59 Å². The summed E-state index contributed by atoms with van der Waals surface area (Å²) in [6, 6.07) is 9.35. The molecule has 0 fully saturated rings. The fourth-order valence-corrected chi connectivity index (χ4v) is 4.02. The summed E-state index contributed by atoms with van der Waals surface area (Å²) in [6.45, 7) is 6.63. The third-order valence-electron chi connectivity index (χ3n) is 5.75. The zero-order valence-electron chi connectivity index (χ0n) is 18.3. The predicted octanol–water partition coefficient (Wildman–Crippen LogP) is 4.11. The van der Waals surface area contributed by atoms with Crippen molar-refractivity contribution < 1.29 is 9.21 Å². The highest BCUT2D eigenvalue weighted by molar-refractivity contribution is 6.30. The van der Waals surface area contributed by atoms with Crippen LogP contribution < -0.4 is 10.9 Å². The molecule has 32 heavy (non-hydrogen) atoms. The predicted molar refractivity (Wildman–Crippen MR) is 125 cm³/mol. The summed E-state index contributed by atoms with van der Waals surface area (Å²) >= 11 is 6.23. The first-order valence-electron chi connectivity index (χ1n) is 10.5. The van der Waals surface area contributed by atoms with Crippen LogP contribution in [0.15, 0.2) is 52.1 Å². The van der Waals surface area contributed by atoms with E-state index in [1.165, 1.54) is 10.9 Å². The first-order valence-corrected chi connectivity index (χ1v) is 10.9. The molecule has 8 heteroatoms. The molecule has 0 spiro atoms. The largest absolute Gasteiger partial charge is 0.469 e. The Morgan fingerprint density at radius 3 is 2.78 bits per heavy atom. The summed E-state index contributed by atoms with van der Waals surface area (Å²) in [5.74, 6) is 0.699. The SMILES string of the molecule is Cc1ccc(Cl)cc1-n1c(C)c(C)c2c(=O)n(CCC(=O)NCCc3ccco3)cnc21. The van der Waals surface area contributed by atoms with Gasteiger partial charge < -0.3 is 9.73 Å². The van der Waals surface area contributed by atoms with Gasteiger partial charge in [-0.1, -0.05) is 17.7 Å². The van der Waals surface area contributed by atoms with Crippen molar-refractivity contribution in [1.82, 2.24) is 19.4 Å². The molecule has 4 aromatic rings. The Bertz CT molecular complexity index is 1340. The molecule has 1 aromatic carbocycles. The fourth-order valence-electron chi connectivity index (χ4n) is 3.85. The van der Waals surface area contributed by atoms with E-state index in [0.717, 1.165) is 28.3 Å². The van der Waals surface area contributed by atoms with Gasteiger partial charge in [-0.15, -0.1) is 0 Å². The van der Waals surface area contributed by atoms with Crippen LogP contribution >= 0.6 is 11.6 Å². The number of halogens is 1. The number of carbonyl (C=O) groups is 1. The number of rotatable bonds is 7. The number of hydrogen-bond acceptors (Lipinski definition) is 4. The minimum absolute atomic E-state index is 0.122. The van der Waals surface area contributed by atoms with Crippen LogP contribution in [-0.4, -0.2) is 26.6 Å². The highest BCUT2D eigenvalue weighted by atomic mass is 35.5. The molecule has 0 aliphatic carbocycles. The number of carbonyl (C=O) groups excluding carboxylic acids is 1. The summed E-state index contributed by atoms with van der Waals surface area (Å²) in [7, 11) is 0. The summed E-state index contributed by atoms with van der Waals surface area (Å²) < 4.78 is 8.72. The zero-order valence-corrected chi connectivity index (χ0v) is 19.1. The van der Waals surface area contributed by atoms with E-state index in [0.29, 0.717) is 29.0 Å². The standard InChI is InChI=1S/C24H25ClN4O3/c1-15-6-7-18(25)13-20(15)29-17(3)16(2)22-23(29)27-14-28(24(22)31)11-9-21(30)26-10-8-19-5-4-12-32-19/h4-7,12-14H,8-11H2,1-3H3,(H,26,30). The van der Waals surface area contributed by atoms with Gasteiger partial charge in [-0.25, -0.2) is 4.98 Å². The van der Waals surface area contributed by atoms with Crippen molar-refractivity contribution in [1.29, 1.82) is 0 Å². The number of fused-ring (bicyclic) bond motifs is 1. The Balaban J connectivity index is 1.55. The fraction of sp³-hybridized carbons (Fsp3) is 0.292. The van der Waals surface area contributed by atoms with E-state index in [-0.39, 0.29) is 24.4 Å². The van der Waals surface area contributed by atoms with E-state index < -0.39 is 0 Å². The van der Waals surface area contributed by atoms with Crippen molar-refractivity contribution in [2.75, 3.05) is 6.54 Å². The Hall–Kier alpha value is -3.32. The Morgan fingerprint density at radius 1 is 1.22 bits per heavy atom. The molecular weight excluding hydrogens is 428 g/mol. The van der Waals surface area contributed by atoms with Gasteiger partial charge in [0.2, 0.25) is 5.91 Å². The Kier molecular flexibility index (Phi) is 6.19. The molecule has 7 nitrogen and oxygen atoms in total. The van der Waals surface area contributed by atoms with Crippen LogP contribution in [-0.2, 0) is 17.8 Å². The number of amides is 1. The molecular formula is C24H25ClN4O3. The van der Waals surface area contributed by atoms with Crippen molar-refractivity contribution in [3.8, 4) is 5.69 Å². The molecule has 0 atom stereocenters. The van der Waals surface area contributed by atoms with Crippen LogP contribution in [0.5, 0.6) is 0 Å². The first kappa shape index (κ1) is 21.9. The highest BCUT2D eigenvalue weighted by Gasteiger charge is 2.19. The molecule has 4 rings (SSSR count). The summed E-state index contributed by atoms with van der Waals surface area (Å²) in [6.07, 6.45) is 3.94. The van der Waals surface area contributed by atoms with Gasteiger partial charge in [-0.2, -0.15) is 0 Å². The minimum Gasteiger partial charge on any atom is -0.469 e. The number of benzene rings is 1. The van der Waals surface area contributed by atoms with Gasteiger partial charge in [-0.05, 0) is 56.2 Å². The molecule has 0 saturated heterocycles. The van der Waals surface area contributed by atoms with E-state index in [2.05, 4.69) is 10.3 Å². The van der Waals surface area contributed by atoms with Crippen LogP contribution in [0.3, 0.4) is 0 Å². The molecule has 1 N–H and O–H groups in total. The van der Waals surface area contributed by atoms with Crippen molar-refractivity contribution in [2.24, 2.45) is 0 Å². The second kappa shape index (κ2) is 9.04. The number of hydrogen-bond donors (Lipinski definition) is 1. The zero-order chi connectivity index (χ0) is 22.8. The first-order chi connectivity index (χ1) is 15.4. The van der Waals surface area contributed by atoms with E-state index in [1.54, 1.807) is 6.26 Å². The number of aromatic nitrogens is 3. The van der Waals surface area contributed by atoms with Crippen LogP contribution in [0.2, 0.25) is 5.02 Å². The van der Waals surface area contributed by atoms with Crippen LogP contribution in [0.1, 0.15) is 29.0 Å². The summed E-state index contributed by atoms with van der Waals surface area (Å²) in [5.41, 5.74) is 4.17. The average Bonchev–Trinajstić information content (AvgIpc) is 3.37. The molecule has 0 radical (unpaired) electrons. The third-order valence-corrected chi connectivity index (χ3v) is 5.98. The van der Waals surface area contributed by atoms with Crippen LogP contribution in [0.4, 0.5) is 0 Å². The van der Waals surface area contributed by atoms with Gasteiger partial charge in [0.05, 0.1) is 23.7 Å². The normalized spacial score (nSPS) is 11.2. The molecule has 0 aliphatic heterocycles. The third kappa shape index (κ3) is 4.21. The maximum Gasteiger partial charge on any atom is 0.263 e. The van der Waals surface area contributed by atoms with Gasteiger partial charge in [0.1, 0.15) is 5.76 Å². The van der Waals surface area contributed by atoms with E-state index in [4.69, 9.17) is 16.0 Å². The summed E-state index contributed by atoms with van der Waals surface area (Å²) in [4.78, 5) is 30.0. The maximum absolute atomic E-state index is 13.2. The molecule has 0 saturated carbocycles. The average molecular weight is 453 g/mol. The van der Waals surface area contributed by atoms with E-state index in [1.807, 2.05) is 55.7 Å². The van der Waals surface area contributed by atoms with Gasteiger partial charge >= 0.3 is 0 Å². The summed E-state index contributed by atoms with van der Waals surface area (Å²) in [5, 5.41) is 4.03. The lowest BCUT2D eigenvalue weighted by Crippen LogP contribution is -2.29. The van der Waals surface area contributed by atoms with Gasteiger partial charge in [-0.3, -0.25) is 18.7 Å². The number of furan rings is 1. The molecule has 166 valence electrons. The Morgan fingerprint density at radius 2 is 2.03 bits per heavy atom. The van der Waals surface area contributed by atoms with Gasteiger partial charge in [0.15, 0.2) is 5.65 Å². The molecule has 0 unspecified atom stereocenters. The second-order valence-corrected chi connectivity index (χ2v) is 8.28. The van der Waals surface area contributed by atoms with Gasteiger partial charge in [0.25, 0.3) is 5.56 Å². The lowest BCUT2D eigenvalue weighted by molar-refractivity contribution is -0.121. The van der Waals surface area contributed by atoms with E-state index >= 15 is 0 Å². The number of aryl methyl sites for hydroxylation is 3. The van der Waals surface area contributed by atoms with Crippen LogP contribution in [0.25, 0.3) is 16.7 Å². The molecule has 0 bridgehead atoms. The topological polar surface area (TPSA) is 82.1 Å². The van der Waals surface area contributed by atoms with Crippen molar-refractivity contribution in [3.63, 3.8) is 0 Å². The van der Waals surface area contributed by atoms with Crippen LogP contribution in [0, 0.1) is 20.8 Å². The molecule has 3 heterocycles.